The van der Waals surface area contributed by atoms with Crippen LogP contribution in [0.15, 0.2) is 16.5 Å². The molecule has 1 aromatic carbocycles. The number of carbonyl (C=O) groups is 1. The van der Waals surface area contributed by atoms with Crippen LogP contribution in [-0.4, -0.2) is 21.3 Å². The Morgan fingerprint density at radius 1 is 1.29 bits per heavy atom. The highest BCUT2D eigenvalue weighted by Gasteiger charge is 2.19. The van der Waals surface area contributed by atoms with Gasteiger partial charge >= 0.3 is 5.97 Å². The third kappa shape index (κ3) is 3.62. The predicted octanol–water partition coefficient (Wildman–Crippen LogP) is 3.12. The van der Waals surface area contributed by atoms with Gasteiger partial charge in [0.2, 0.25) is 5.89 Å². The Morgan fingerprint density at radius 2 is 2.05 bits per heavy atom. The van der Waals surface area contributed by atoms with Crippen molar-refractivity contribution in [2.24, 2.45) is 0 Å². The highest BCUT2D eigenvalue weighted by molar-refractivity contribution is 5.66. The largest absolute Gasteiger partial charge is 0.481 e. The lowest BCUT2D eigenvalue weighted by atomic mass is 10.1. The predicted molar refractivity (Wildman–Crippen MR) is 69.6 cm³/mol. The van der Waals surface area contributed by atoms with Crippen LogP contribution < -0.4 is 0 Å². The lowest BCUT2D eigenvalue weighted by Crippen LogP contribution is -1.95. The fourth-order valence-electron chi connectivity index (χ4n) is 1.86. The van der Waals surface area contributed by atoms with Gasteiger partial charge in [0.15, 0.2) is 0 Å². The van der Waals surface area contributed by atoms with E-state index in [1.54, 1.807) is 0 Å². The van der Waals surface area contributed by atoms with Crippen LogP contribution in [0.1, 0.15) is 30.7 Å². The first-order chi connectivity index (χ1) is 9.99. The summed E-state index contributed by atoms with van der Waals surface area (Å²) in [6.45, 7) is 1.52. The van der Waals surface area contributed by atoms with Crippen LogP contribution in [-0.2, 0) is 11.2 Å². The normalized spacial score (nSPS) is 10.8. The Bertz CT molecular complexity index is 656. The molecule has 0 saturated carbocycles. The zero-order valence-electron chi connectivity index (χ0n) is 11.4. The van der Waals surface area contributed by atoms with Crippen molar-refractivity contribution >= 4 is 5.97 Å². The van der Waals surface area contributed by atoms with Crippen molar-refractivity contribution < 1.29 is 23.1 Å². The number of halogens is 2. The van der Waals surface area contributed by atoms with Gasteiger partial charge in [-0.05, 0) is 31.4 Å². The van der Waals surface area contributed by atoms with Gasteiger partial charge in [0, 0.05) is 12.8 Å². The number of aliphatic carboxylic acids is 1. The summed E-state index contributed by atoms with van der Waals surface area (Å²) in [5, 5.41) is 15.9. The molecule has 0 spiro atoms. The molecule has 112 valence electrons. The lowest BCUT2D eigenvalue weighted by Gasteiger charge is -2.02. The Labute approximate surface area is 119 Å². The number of unbranched alkanes of at least 4 members (excludes halogenated alkanes) is 1. The number of hydrogen-bond acceptors (Lipinski definition) is 4. The van der Waals surface area contributed by atoms with Gasteiger partial charge in [0.05, 0.1) is 0 Å². The molecule has 2 aromatic rings. The molecule has 1 N–H and O–H groups in total. The number of carboxylic acid groups (broad SMARTS) is 1. The molecule has 0 amide bonds. The molecule has 0 radical (unpaired) electrons. The standard InChI is InChI=1S/C14H14F2N2O3/c1-8-6-7-9(15)12(13(8)16)14-18-17-10(21-14)4-2-3-5-11(19)20/h6-7H,2-5H2,1H3,(H,19,20). The van der Waals surface area contributed by atoms with Gasteiger partial charge in [-0.3, -0.25) is 4.79 Å². The minimum atomic E-state index is -0.870. The summed E-state index contributed by atoms with van der Waals surface area (Å²) in [6.07, 6.45) is 1.45. The van der Waals surface area contributed by atoms with E-state index < -0.39 is 17.6 Å². The second kappa shape index (κ2) is 6.43. The van der Waals surface area contributed by atoms with E-state index in [2.05, 4.69) is 10.2 Å². The highest BCUT2D eigenvalue weighted by Crippen LogP contribution is 2.27. The molecule has 0 aliphatic rings. The van der Waals surface area contributed by atoms with Crippen molar-refractivity contribution in [3.05, 3.63) is 35.2 Å². The first-order valence-electron chi connectivity index (χ1n) is 6.48. The summed E-state index contributed by atoms with van der Waals surface area (Å²) in [5.74, 6) is -2.34. The molecule has 21 heavy (non-hydrogen) atoms. The van der Waals surface area contributed by atoms with E-state index in [4.69, 9.17) is 9.52 Å². The SMILES string of the molecule is Cc1ccc(F)c(-c2nnc(CCCCC(=O)O)o2)c1F. The molecule has 0 atom stereocenters. The number of aryl methyl sites for hydroxylation is 2. The Morgan fingerprint density at radius 3 is 2.76 bits per heavy atom. The van der Waals surface area contributed by atoms with Crippen molar-refractivity contribution in [2.75, 3.05) is 0 Å². The van der Waals surface area contributed by atoms with Crippen molar-refractivity contribution in [1.82, 2.24) is 10.2 Å². The van der Waals surface area contributed by atoms with Crippen molar-refractivity contribution in [3.8, 4) is 11.5 Å². The van der Waals surface area contributed by atoms with Gasteiger partial charge in [-0.1, -0.05) is 6.07 Å². The quantitative estimate of drug-likeness (QED) is 0.829. The van der Waals surface area contributed by atoms with Gasteiger partial charge in [0.1, 0.15) is 17.2 Å². The topological polar surface area (TPSA) is 76.2 Å². The van der Waals surface area contributed by atoms with E-state index in [9.17, 15) is 13.6 Å². The van der Waals surface area contributed by atoms with E-state index in [0.29, 0.717) is 19.3 Å². The highest BCUT2D eigenvalue weighted by atomic mass is 19.1. The summed E-state index contributed by atoms with van der Waals surface area (Å²) in [6, 6.07) is 2.47. The summed E-state index contributed by atoms with van der Waals surface area (Å²) in [5.41, 5.74) is -0.0492. The van der Waals surface area contributed by atoms with Gasteiger partial charge in [-0.15, -0.1) is 10.2 Å². The minimum Gasteiger partial charge on any atom is -0.481 e. The number of rotatable bonds is 6. The smallest absolute Gasteiger partial charge is 0.303 e. The number of benzene rings is 1. The van der Waals surface area contributed by atoms with Crippen LogP contribution in [0.4, 0.5) is 8.78 Å². The Balaban J connectivity index is 2.10. The molecule has 7 heteroatoms. The second-order valence-corrected chi connectivity index (χ2v) is 4.66. The van der Waals surface area contributed by atoms with E-state index >= 15 is 0 Å². The van der Waals surface area contributed by atoms with Crippen LogP contribution in [0.5, 0.6) is 0 Å². The zero-order chi connectivity index (χ0) is 15.4. The second-order valence-electron chi connectivity index (χ2n) is 4.66. The van der Waals surface area contributed by atoms with Gasteiger partial charge in [-0.2, -0.15) is 0 Å². The number of aromatic nitrogens is 2. The summed E-state index contributed by atoms with van der Waals surface area (Å²) < 4.78 is 32.9. The van der Waals surface area contributed by atoms with Gasteiger partial charge in [0.25, 0.3) is 5.89 Å². The molecule has 5 nitrogen and oxygen atoms in total. The first-order valence-corrected chi connectivity index (χ1v) is 6.48. The zero-order valence-corrected chi connectivity index (χ0v) is 11.4. The maximum atomic E-state index is 13.9. The van der Waals surface area contributed by atoms with Crippen LogP contribution in [0.3, 0.4) is 0 Å². The monoisotopic (exact) mass is 296 g/mol. The first kappa shape index (κ1) is 15.1. The number of hydrogen-bond donors (Lipinski definition) is 1. The minimum absolute atomic E-state index is 0.0577. The molecule has 0 aliphatic carbocycles. The van der Waals surface area contributed by atoms with Crippen LogP contribution in [0, 0.1) is 18.6 Å². The molecule has 0 aliphatic heterocycles. The molecule has 2 rings (SSSR count). The molecule has 0 fully saturated rings. The molecular weight excluding hydrogens is 282 g/mol. The number of carboxylic acids is 1. The van der Waals surface area contributed by atoms with E-state index in [-0.39, 0.29) is 29.3 Å². The van der Waals surface area contributed by atoms with Gasteiger partial charge in [-0.25, -0.2) is 8.78 Å². The molecule has 0 unspecified atom stereocenters. The maximum Gasteiger partial charge on any atom is 0.303 e. The molecule has 1 heterocycles. The molecule has 0 saturated heterocycles. The van der Waals surface area contributed by atoms with Crippen molar-refractivity contribution in [3.63, 3.8) is 0 Å². The van der Waals surface area contributed by atoms with Crippen LogP contribution >= 0.6 is 0 Å². The van der Waals surface area contributed by atoms with E-state index in [0.717, 1.165) is 6.07 Å². The average molecular weight is 296 g/mol. The van der Waals surface area contributed by atoms with Crippen molar-refractivity contribution in [1.29, 1.82) is 0 Å². The molecular formula is C14H14F2N2O3. The van der Waals surface area contributed by atoms with Crippen molar-refractivity contribution in [2.45, 2.75) is 32.6 Å². The molecule has 0 bridgehead atoms. The third-order valence-electron chi connectivity index (χ3n) is 3.00. The fourth-order valence-corrected chi connectivity index (χ4v) is 1.86. The van der Waals surface area contributed by atoms with Gasteiger partial charge < -0.3 is 9.52 Å². The summed E-state index contributed by atoms with van der Waals surface area (Å²) in [7, 11) is 0. The van der Waals surface area contributed by atoms with E-state index in [1.165, 1.54) is 13.0 Å². The summed E-state index contributed by atoms with van der Waals surface area (Å²) in [4.78, 5) is 10.4. The average Bonchev–Trinajstić information content (AvgIpc) is 2.88. The van der Waals surface area contributed by atoms with E-state index in [1.807, 2.05) is 0 Å². The fraction of sp³-hybridized carbons (Fsp3) is 0.357. The molecule has 1 aromatic heterocycles. The Hall–Kier alpha value is -2.31. The van der Waals surface area contributed by atoms with Crippen LogP contribution in [0.25, 0.3) is 11.5 Å². The third-order valence-corrected chi connectivity index (χ3v) is 3.00. The number of nitrogens with zero attached hydrogens (tertiary/aromatic N) is 2. The maximum absolute atomic E-state index is 13.9. The Kier molecular flexibility index (Phi) is 4.62. The summed E-state index contributed by atoms with van der Waals surface area (Å²) >= 11 is 0. The lowest BCUT2D eigenvalue weighted by molar-refractivity contribution is -0.137. The van der Waals surface area contributed by atoms with Crippen LogP contribution in [0.2, 0.25) is 0 Å².